The van der Waals surface area contributed by atoms with Gasteiger partial charge in [0.1, 0.15) is 11.6 Å². The number of alkyl halides is 2. The van der Waals surface area contributed by atoms with Crippen molar-refractivity contribution in [3.8, 4) is 22.6 Å². The summed E-state index contributed by atoms with van der Waals surface area (Å²) in [6.07, 6.45) is 3.22. The molecular formula is C27H21F2N5O3. The van der Waals surface area contributed by atoms with Gasteiger partial charge in [0.05, 0.1) is 33.7 Å². The van der Waals surface area contributed by atoms with E-state index in [-0.39, 0.29) is 17.0 Å². The van der Waals surface area contributed by atoms with Crippen molar-refractivity contribution in [2.75, 3.05) is 5.32 Å². The fourth-order valence-corrected chi connectivity index (χ4v) is 4.20. The van der Waals surface area contributed by atoms with Gasteiger partial charge in [0.25, 0.3) is 0 Å². The lowest BCUT2D eigenvalue weighted by atomic mass is 10.0. The third kappa shape index (κ3) is 4.68. The van der Waals surface area contributed by atoms with Gasteiger partial charge >= 0.3 is 12.6 Å². The van der Waals surface area contributed by atoms with E-state index in [9.17, 15) is 18.7 Å². The van der Waals surface area contributed by atoms with Crippen molar-refractivity contribution in [2.24, 2.45) is 0 Å². The van der Waals surface area contributed by atoms with Crippen LogP contribution in [0.1, 0.15) is 21.6 Å². The number of halogens is 2. The van der Waals surface area contributed by atoms with Crippen molar-refractivity contribution >= 4 is 28.5 Å². The Kier molecular flexibility index (Phi) is 6.22. The molecule has 0 spiro atoms. The van der Waals surface area contributed by atoms with E-state index in [2.05, 4.69) is 20.0 Å². The first-order chi connectivity index (χ1) is 17.8. The molecule has 0 unspecified atom stereocenters. The predicted octanol–water partition coefficient (Wildman–Crippen LogP) is 6.14. The second-order valence-corrected chi connectivity index (χ2v) is 8.28. The van der Waals surface area contributed by atoms with Crippen LogP contribution in [0.3, 0.4) is 0 Å². The average molecular weight is 501 g/mol. The number of aromatic carboxylic acids is 1. The highest BCUT2D eigenvalue weighted by Gasteiger charge is 2.22. The molecule has 0 aliphatic carbocycles. The van der Waals surface area contributed by atoms with Crippen molar-refractivity contribution in [1.29, 1.82) is 0 Å². The van der Waals surface area contributed by atoms with Crippen molar-refractivity contribution in [2.45, 2.75) is 20.5 Å². The number of aryl methyl sites for hydroxylation is 2. The maximum Gasteiger partial charge on any atom is 0.387 e. The monoisotopic (exact) mass is 501 g/mol. The fourth-order valence-electron chi connectivity index (χ4n) is 4.20. The number of ether oxygens (including phenoxy) is 1. The van der Waals surface area contributed by atoms with Crippen LogP contribution in [0.15, 0.2) is 73.1 Å². The first-order valence-electron chi connectivity index (χ1n) is 11.3. The SMILES string of the molecule is Cc1ccccc1-n1nc(C)c(-c2ccc3nccnc3c2)c1Nc1ccc(OC(F)F)cc1C(=O)O. The molecule has 2 heterocycles. The summed E-state index contributed by atoms with van der Waals surface area (Å²) in [5, 5.41) is 17.8. The van der Waals surface area contributed by atoms with Crippen molar-refractivity contribution < 1.29 is 23.4 Å². The molecule has 2 N–H and O–H groups in total. The van der Waals surface area contributed by atoms with Crippen molar-refractivity contribution in [3.05, 3.63) is 89.9 Å². The summed E-state index contributed by atoms with van der Waals surface area (Å²) in [7, 11) is 0. The maximum atomic E-state index is 12.7. The lowest BCUT2D eigenvalue weighted by molar-refractivity contribution is -0.0499. The normalized spacial score (nSPS) is 11.2. The second kappa shape index (κ2) is 9.65. The molecule has 5 rings (SSSR count). The number of aromatic nitrogens is 4. The molecule has 0 bridgehead atoms. The Hall–Kier alpha value is -4.86. The lowest BCUT2D eigenvalue weighted by Gasteiger charge is -2.16. The number of benzene rings is 3. The van der Waals surface area contributed by atoms with Gasteiger partial charge in [0.2, 0.25) is 0 Å². The highest BCUT2D eigenvalue weighted by Crippen LogP contribution is 2.38. The number of nitrogens with one attached hydrogen (secondary N) is 1. The highest BCUT2D eigenvalue weighted by atomic mass is 19.3. The summed E-state index contributed by atoms with van der Waals surface area (Å²) in [4.78, 5) is 20.8. The average Bonchev–Trinajstić information content (AvgIpc) is 3.19. The molecular weight excluding hydrogens is 480 g/mol. The first kappa shape index (κ1) is 23.9. The number of carbonyl (C=O) groups is 1. The van der Waals surface area contributed by atoms with Gasteiger partial charge in [-0.05, 0) is 61.4 Å². The van der Waals surface area contributed by atoms with E-state index in [1.165, 1.54) is 12.1 Å². The van der Waals surface area contributed by atoms with E-state index in [4.69, 9.17) is 5.10 Å². The van der Waals surface area contributed by atoms with E-state index in [0.717, 1.165) is 34.0 Å². The van der Waals surface area contributed by atoms with Gasteiger partial charge in [0, 0.05) is 18.0 Å². The fraction of sp³-hybridized carbons (Fsp3) is 0.111. The predicted molar refractivity (Wildman–Crippen MR) is 135 cm³/mol. The lowest BCUT2D eigenvalue weighted by Crippen LogP contribution is -2.09. The minimum absolute atomic E-state index is 0.186. The van der Waals surface area contributed by atoms with E-state index >= 15 is 0 Å². The topological polar surface area (TPSA) is 102 Å². The van der Waals surface area contributed by atoms with E-state index in [1.54, 1.807) is 17.1 Å². The number of fused-ring (bicyclic) bond motifs is 1. The van der Waals surface area contributed by atoms with E-state index in [0.29, 0.717) is 17.0 Å². The summed E-state index contributed by atoms with van der Waals surface area (Å²) in [5.41, 5.74) is 5.30. The molecule has 3 aromatic carbocycles. The summed E-state index contributed by atoms with van der Waals surface area (Å²) >= 11 is 0. The second-order valence-electron chi connectivity index (χ2n) is 8.28. The summed E-state index contributed by atoms with van der Waals surface area (Å²) in [6.45, 7) is 0.724. The molecule has 0 amide bonds. The zero-order valence-electron chi connectivity index (χ0n) is 19.8. The van der Waals surface area contributed by atoms with Crippen LogP contribution >= 0.6 is 0 Å². The summed E-state index contributed by atoms with van der Waals surface area (Å²) in [6, 6.07) is 17.0. The number of carboxylic acids is 1. The van der Waals surface area contributed by atoms with Gasteiger partial charge in [0.15, 0.2) is 0 Å². The maximum absolute atomic E-state index is 12.7. The molecule has 0 aliphatic heterocycles. The molecule has 8 nitrogen and oxygen atoms in total. The van der Waals surface area contributed by atoms with E-state index < -0.39 is 12.6 Å². The number of carboxylic acid groups (broad SMARTS) is 1. The molecule has 0 saturated carbocycles. The van der Waals surface area contributed by atoms with Crippen LogP contribution in [0.4, 0.5) is 20.3 Å². The Morgan fingerprint density at radius 2 is 1.76 bits per heavy atom. The quantitative estimate of drug-likeness (QED) is 0.276. The van der Waals surface area contributed by atoms with Crippen LogP contribution in [-0.4, -0.2) is 37.4 Å². The standard InChI is InChI=1S/C27H21F2N5O3/c1-15-5-3-4-6-23(15)34-25(32-20-10-8-18(37-27(28)29)14-19(20)26(35)36)24(16(2)33-34)17-7-9-21-22(13-17)31-12-11-30-21/h3-14,27,32H,1-2H3,(H,35,36). The molecule has 0 aliphatic rings. The van der Waals surface area contributed by atoms with Gasteiger partial charge in [-0.15, -0.1) is 0 Å². The minimum atomic E-state index is -3.08. The number of hydrogen-bond donors (Lipinski definition) is 2. The largest absolute Gasteiger partial charge is 0.478 e. The molecule has 0 fully saturated rings. The Balaban J connectivity index is 1.71. The highest BCUT2D eigenvalue weighted by molar-refractivity contribution is 5.97. The number of anilines is 2. The third-order valence-electron chi connectivity index (χ3n) is 5.86. The Morgan fingerprint density at radius 3 is 2.49 bits per heavy atom. The molecule has 5 aromatic rings. The number of para-hydroxylation sites is 1. The van der Waals surface area contributed by atoms with Crippen LogP contribution in [-0.2, 0) is 0 Å². The van der Waals surface area contributed by atoms with Crippen LogP contribution in [0.25, 0.3) is 27.8 Å². The zero-order chi connectivity index (χ0) is 26.1. The van der Waals surface area contributed by atoms with Crippen LogP contribution < -0.4 is 10.1 Å². The van der Waals surface area contributed by atoms with E-state index in [1.807, 2.05) is 56.3 Å². The Morgan fingerprint density at radius 1 is 1.00 bits per heavy atom. The summed E-state index contributed by atoms with van der Waals surface area (Å²) in [5.74, 6) is -1.06. The Bertz CT molecular complexity index is 1630. The molecule has 0 saturated heterocycles. The van der Waals surface area contributed by atoms with Crippen LogP contribution in [0.2, 0.25) is 0 Å². The van der Waals surface area contributed by atoms with Gasteiger partial charge in [-0.25, -0.2) is 9.48 Å². The van der Waals surface area contributed by atoms with Gasteiger partial charge in [-0.3, -0.25) is 9.97 Å². The molecule has 0 radical (unpaired) electrons. The molecule has 37 heavy (non-hydrogen) atoms. The van der Waals surface area contributed by atoms with Gasteiger partial charge < -0.3 is 15.2 Å². The smallest absolute Gasteiger partial charge is 0.387 e. The van der Waals surface area contributed by atoms with Crippen molar-refractivity contribution in [1.82, 2.24) is 19.7 Å². The number of hydrogen-bond acceptors (Lipinski definition) is 6. The Labute approximate surface area is 210 Å². The van der Waals surface area contributed by atoms with Gasteiger partial charge in [-0.1, -0.05) is 24.3 Å². The summed E-state index contributed by atoms with van der Waals surface area (Å²) < 4.78 is 31.6. The number of nitrogens with zero attached hydrogens (tertiary/aromatic N) is 4. The zero-order valence-corrected chi connectivity index (χ0v) is 19.8. The van der Waals surface area contributed by atoms with Crippen LogP contribution in [0.5, 0.6) is 5.75 Å². The third-order valence-corrected chi connectivity index (χ3v) is 5.86. The molecule has 2 aromatic heterocycles. The molecule has 0 atom stereocenters. The molecule has 10 heteroatoms. The van der Waals surface area contributed by atoms with Gasteiger partial charge in [-0.2, -0.15) is 13.9 Å². The van der Waals surface area contributed by atoms with Crippen LogP contribution in [0, 0.1) is 13.8 Å². The number of rotatable bonds is 7. The first-order valence-corrected chi connectivity index (χ1v) is 11.3. The minimum Gasteiger partial charge on any atom is -0.478 e. The van der Waals surface area contributed by atoms with Crippen molar-refractivity contribution in [3.63, 3.8) is 0 Å². The molecule has 186 valence electrons.